The lowest BCUT2D eigenvalue weighted by molar-refractivity contribution is -0.128. The molecule has 2 aliphatic carbocycles. The first-order valence-electron chi connectivity index (χ1n) is 9.59. The zero-order valence-electron chi connectivity index (χ0n) is 15.3. The van der Waals surface area contributed by atoms with E-state index in [1.807, 2.05) is 19.1 Å². The number of amides is 1. The van der Waals surface area contributed by atoms with Gasteiger partial charge in [0.05, 0.1) is 0 Å². The molecule has 1 unspecified atom stereocenters. The monoisotopic (exact) mass is 355 g/mol. The lowest BCUT2D eigenvalue weighted by atomic mass is 10.1. The minimum Gasteiger partial charge on any atom is -0.481 e. The van der Waals surface area contributed by atoms with Crippen LogP contribution in [-0.2, 0) is 11.2 Å². The molecule has 1 aromatic heterocycles. The molecule has 2 fully saturated rings. The van der Waals surface area contributed by atoms with Crippen LogP contribution in [0.4, 0.5) is 0 Å². The van der Waals surface area contributed by atoms with Gasteiger partial charge in [-0.3, -0.25) is 4.79 Å². The van der Waals surface area contributed by atoms with Gasteiger partial charge in [-0.25, -0.2) is 4.79 Å². The molecule has 1 aromatic carbocycles. The number of carbonyl (C=O) groups is 1. The minimum absolute atomic E-state index is 0.0716. The summed E-state index contributed by atoms with van der Waals surface area (Å²) in [5.74, 6) is 1.77. The normalized spacial score (nSPS) is 18.1. The van der Waals surface area contributed by atoms with Crippen molar-refractivity contribution in [3.05, 3.63) is 40.2 Å². The molecule has 4 rings (SSSR count). The van der Waals surface area contributed by atoms with E-state index in [-0.39, 0.29) is 11.5 Å². The van der Waals surface area contributed by atoms with Gasteiger partial charge in [0.15, 0.2) is 6.10 Å². The molecule has 0 aliphatic heterocycles. The van der Waals surface area contributed by atoms with Gasteiger partial charge in [0, 0.05) is 23.6 Å². The summed E-state index contributed by atoms with van der Waals surface area (Å²) in [6.07, 6.45) is 5.05. The number of hydrogen-bond donors (Lipinski definition) is 1. The highest BCUT2D eigenvalue weighted by atomic mass is 16.5. The smallest absolute Gasteiger partial charge is 0.336 e. The van der Waals surface area contributed by atoms with Crippen molar-refractivity contribution in [2.45, 2.75) is 58.1 Å². The second kappa shape index (κ2) is 6.78. The molecule has 1 atom stereocenters. The van der Waals surface area contributed by atoms with Crippen molar-refractivity contribution in [3.63, 3.8) is 0 Å². The molecule has 1 heterocycles. The van der Waals surface area contributed by atoms with Gasteiger partial charge < -0.3 is 14.5 Å². The maximum Gasteiger partial charge on any atom is 0.336 e. The molecule has 5 nitrogen and oxygen atoms in total. The van der Waals surface area contributed by atoms with Crippen LogP contribution in [-0.4, -0.2) is 18.1 Å². The topological polar surface area (TPSA) is 68.5 Å². The first-order valence-corrected chi connectivity index (χ1v) is 9.59. The average Bonchev–Trinajstić information content (AvgIpc) is 3.51. The predicted molar refractivity (Wildman–Crippen MR) is 99.3 cm³/mol. The Balaban J connectivity index is 1.47. The number of ether oxygens (including phenoxy) is 1. The van der Waals surface area contributed by atoms with Crippen molar-refractivity contribution >= 4 is 16.9 Å². The lowest BCUT2D eigenvalue weighted by Crippen LogP contribution is -2.44. The van der Waals surface area contributed by atoms with E-state index in [9.17, 15) is 9.59 Å². The molecule has 2 aromatic rings. The summed E-state index contributed by atoms with van der Waals surface area (Å²) in [5, 5.41) is 4.09. The van der Waals surface area contributed by atoms with Gasteiger partial charge in [-0.1, -0.05) is 6.92 Å². The summed E-state index contributed by atoms with van der Waals surface area (Å²) < 4.78 is 11.1. The summed E-state index contributed by atoms with van der Waals surface area (Å²) in [4.78, 5) is 24.2. The molecule has 0 spiro atoms. The third-order valence-corrected chi connectivity index (χ3v) is 5.43. The van der Waals surface area contributed by atoms with Crippen molar-refractivity contribution in [1.29, 1.82) is 0 Å². The van der Waals surface area contributed by atoms with Crippen LogP contribution in [0.15, 0.2) is 33.5 Å². The van der Waals surface area contributed by atoms with Crippen LogP contribution in [0.3, 0.4) is 0 Å². The molecule has 0 radical (unpaired) electrons. The Hall–Kier alpha value is -2.30. The summed E-state index contributed by atoms with van der Waals surface area (Å²) >= 11 is 0. The molecule has 2 aliphatic rings. The van der Waals surface area contributed by atoms with E-state index in [2.05, 4.69) is 5.32 Å². The number of rotatable bonds is 7. The SMILES string of the molecule is CCc1cc(=O)oc2cc(OC(C)C(=O)NC(C3CC3)C3CC3)ccc12. The zero-order chi connectivity index (χ0) is 18.3. The highest BCUT2D eigenvalue weighted by Crippen LogP contribution is 2.44. The number of aryl methyl sites for hydroxylation is 1. The molecule has 26 heavy (non-hydrogen) atoms. The third-order valence-electron chi connectivity index (χ3n) is 5.43. The summed E-state index contributed by atoms with van der Waals surface area (Å²) in [6, 6.07) is 7.24. The van der Waals surface area contributed by atoms with Gasteiger partial charge in [-0.05, 0) is 68.6 Å². The molecule has 1 amide bonds. The van der Waals surface area contributed by atoms with E-state index < -0.39 is 6.10 Å². The molecule has 1 N–H and O–H groups in total. The number of carbonyl (C=O) groups excluding carboxylic acids is 1. The van der Waals surface area contributed by atoms with Gasteiger partial charge in [0.25, 0.3) is 5.91 Å². The van der Waals surface area contributed by atoms with Crippen molar-refractivity contribution in [3.8, 4) is 5.75 Å². The van der Waals surface area contributed by atoms with Crippen LogP contribution >= 0.6 is 0 Å². The van der Waals surface area contributed by atoms with E-state index in [1.54, 1.807) is 13.0 Å². The van der Waals surface area contributed by atoms with Crippen LogP contribution in [0, 0.1) is 11.8 Å². The fraction of sp³-hybridized carbons (Fsp3) is 0.524. The fourth-order valence-corrected chi connectivity index (χ4v) is 3.65. The quantitative estimate of drug-likeness (QED) is 0.773. The Bertz CT molecular complexity index is 867. The van der Waals surface area contributed by atoms with E-state index in [1.165, 1.54) is 31.7 Å². The highest BCUT2D eigenvalue weighted by Gasteiger charge is 2.42. The van der Waals surface area contributed by atoms with E-state index in [4.69, 9.17) is 9.15 Å². The Morgan fingerprint density at radius 1 is 1.23 bits per heavy atom. The molecule has 0 bridgehead atoms. The molecule has 2 saturated carbocycles. The van der Waals surface area contributed by atoms with E-state index in [0.717, 1.165) is 17.4 Å². The average molecular weight is 355 g/mol. The molecular weight excluding hydrogens is 330 g/mol. The van der Waals surface area contributed by atoms with Crippen LogP contribution in [0.25, 0.3) is 11.0 Å². The van der Waals surface area contributed by atoms with E-state index >= 15 is 0 Å². The summed E-state index contributed by atoms with van der Waals surface area (Å²) in [5.41, 5.74) is 1.08. The van der Waals surface area contributed by atoms with Crippen molar-refractivity contribution in [2.75, 3.05) is 0 Å². The Kier molecular flexibility index (Phi) is 4.47. The van der Waals surface area contributed by atoms with Gasteiger partial charge in [-0.2, -0.15) is 0 Å². The number of hydrogen-bond acceptors (Lipinski definition) is 4. The summed E-state index contributed by atoms with van der Waals surface area (Å²) in [6.45, 7) is 3.76. The Morgan fingerprint density at radius 3 is 2.54 bits per heavy atom. The second-order valence-corrected chi connectivity index (χ2v) is 7.57. The molecule has 0 saturated heterocycles. The van der Waals surface area contributed by atoms with Gasteiger partial charge in [0.1, 0.15) is 11.3 Å². The van der Waals surface area contributed by atoms with Gasteiger partial charge >= 0.3 is 5.63 Å². The molecule has 5 heteroatoms. The van der Waals surface area contributed by atoms with Gasteiger partial charge in [-0.15, -0.1) is 0 Å². The highest BCUT2D eigenvalue weighted by molar-refractivity contribution is 5.83. The van der Waals surface area contributed by atoms with Crippen molar-refractivity contribution < 1.29 is 13.9 Å². The van der Waals surface area contributed by atoms with Crippen LogP contribution in [0.2, 0.25) is 0 Å². The lowest BCUT2D eigenvalue weighted by Gasteiger charge is -2.21. The van der Waals surface area contributed by atoms with E-state index in [0.29, 0.717) is 29.2 Å². The van der Waals surface area contributed by atoms with Crippen LogP contribution in [0.1, 0.15) is 45.1 Å². The maximum absolute atomic E-state index is 12.5. The van der Waals surface area contributed by atoms with Crippen molar-refractivity contribution in [1.82, 2.24) is 5.32 Å². The Labute approximate surface area is 152 Å². The molecular formula is C21H25NO4. The summed E-state index contributed by atoms with van der Waals surface area (Å²) in [7, 11) is 0. The fourth-order valence-electron chi connectivity index (χ4n) is 3.65. The van der Waals surface area contributed by atoms with Crippen molar-refractivity contribution in [2.24, 2.45) is 11.8 Å². The maximum atomic E-state index is 12.5. The zero-order valence-corrected chi connectivity index (χ0v) is 15.3. The number of nitrogens with one attached hydrogen (secondary N) is 1. The predicted octanol–water partition coefficient (Wildman–Crippen LogP) is 3.43. The van der Waals surface area contributed by atoms with Crippen LogP contribution < -0.4 is 15.7 Å². The standard InChI is InChI=1S/C21H25NO4/c1-3-13-10-19(23)26-18-11-16(8-9-17(13)18)25-12(2)21(24)22-20(14-4-5-14)15-6-7-15/h8-12,14-15,20H,3-7H2,1-2H3,(H,22,24). The Morgan fingerprint density at radius 2 is 1.92 bits per heavy atom. The number of fused-ring (bicyclic) bond motifs is 1. The van der Waals surface area contributed by atoms with Crippen LogP contribution in [0.5, 0.6) is 5.75 Å². The molecule has 138 valence electrons. The first-order chi connectivity index (χ1) is 12.5. The second-order valence-electron chi connectivity index (χ2n) is 7.57. The largest absolute Gasteiger partial charge is 0.481 e. The first kappa shape index (κ1) is 17.1. The minimum atomic E-state index is -0.589. The number of benzene rings is 1. The van der Waals surface area contributed by atoms with Gasteiger partial charge in [0.2, 0.25) is 0 Å². The third kappa shape index (κ3) is 3.62.